The summed E-state index contributed by atoms with van der Waals surface area (Å²) in [6.45, 7) is 2.77. The van der Waals surface area contributed by atoms with Gasteiger partial charge < -0.3 is 30.2 Å². The van der Waals surface area contributed by atoms with Crippen molar-refractivity contribution in [3.63, 3.8) is 0 Å². The van der Waals surface area contributed by atoms with E-state index in [1.54, 1.807) is 6.07 Å². The Kier molecular flexibility index (Phi) is 4.35. The molecule has 1 spiro atoms. The summed E-state index contributed by atoms with van der Waals surface area (Å²) < 4.78 is 7.57. The molecule has 1 fully saturated rings. The molecule has 2 bridgehead atoms. The quantitative estimate of drug-likeness (QED) is 0.346. The average Bonchev–Trinajstić information content (AvgIpc) is 3.33. The summed E-state index contributed by atoms with van der Waals surface area (Å²) in [6.07, 6.45) is 1.36. The molecule has 8 heteroatoms. The van der Waals surface area contributed by atoms with Crippen LogP contribution in [0.5, 0.6) is 11.5 Å². The number of aromatic amines is 1. The van der Waals surface area contributed by atoms with E-state index in [1.165, 1.54) is 0 Å². The van der Waals surface area contributed by atoms with Crippen LogP contribution in [-0.2, 0) is 18.3 Å². The maximum Gasteiger partial charge on any atom is 0.272 e. The molecule has 4 atom stereocenters. The largest absolute Gasteiger partial charge is 0.504 e. The van der Waals surface area contributed by atoms with Gasteiger partial charge in [0.2, 0.25) is 0 Å². The van der Waals surface area contributed by atoms with Crippen LogP contribution in [0.25, 0.3) is 0 Å². The number of ether oxygens (including phenoxy) is 1. The van der Waals surface area contributed by atoms with Gasteiger partial charge in [0, 0.05) is 27.3 Å². The third-order valence-corrected chi connectivity index (χ3v) is 9.58. The van der Waals surface area contributed by atoms with Gasteiger partial charge in [-0.2, -0.15) is 0 Å². The minimum atomic E-state index is -1.07. The fraction of sp³-hybridized carbons (Fsp3) is 0.370. The summed E-state index contributed by atoms with van der Waals surface area (Å²) in [5.41, 5.74) is 4.18. The zero-order valence-corrected chi connectivity index (χ0v) is 21.6. The maximum absolute atomic E-state index is 13.4. The highest BCUT2D eigenvalue weighted by molar-refractivity contribution is 14.1. The molecule has 3 aromatic rings. The number of carbonyl (C=O) groups excluding carboxylic acids is 1. The van der Waals surface area contributed by atoms with E-state index < -0.39 is 17.1 Å². The molecule has 3 heterocycles. The summed E-state index contributed by atoms with van der Waals surface area (Å²) in [5, 5.41) is 26.3. The van der Waals surface area contributed by atoms with Crippen LogP contribution in [0, 0.1) is 10.5 Å². The van der Waals surface area contributed by atoms with E-state index in [2.05, 4.69) is 44.8 Å². The van der Waals surface area contributed by atoms with Gasteiger partial charge in [-0.05, 0) is 96.9 Å². The second-order valence-electron chi connectivity index (χ2n) is 10.5. The highest BCUT2D eigenvalue weighted by Gasteiger charge is 2.72. The van der Waals surface area contributed by atoms with Crippen molar-refractivity contribution in [1.29, 1.82) is 0 Å². The monoisotopic (exact) mass is 580 g/mol. The number of likely N-dealkylation sites (tertiary alicyclic amines) is 1. The number of aromatic hydroxyl groups is 1. The van der Waals surface area contributed by atoms with E-state index >= 15 is 0 Å². The number of halogens is 1. The Labute approximate surface area is 216 Å². The molecule has 0 radical (unpaired) electrons. The number of likely N-dealkylation sites (N-methyl/N-ethyl adjacent to an activating group) is 1. The van der Waals surface area contributed by atoms with Gasteiger partial charge in [0.15, 0.2) is 17.6 Å². The van der Waals surface area contributed by atoms with Crippen LogP contribution in [0.15, 0.2) is 36.4 Å². The Balaban J connectivity index is 1.39. The van der Waals surface area contributed by atoms with Gasteiger partial charge in [-0.15, -0.1) is 0 Å². The first kappa shape index (κ1) is 21.7. The zero-order valence-electron chi connectivity index (χ0n) is 19.5. The van der Waals surface area contributed by atoms with Gasteiger partial charge >= 0.3 is 0 Å². The van der Waals surface area contributed by atoms with Crippen molar-refractivity contribution in [2.24, 2.45) is 0 Å². The Morgan fingerprint density at radius 3 is 2.94 bits per heavy atom. The first-order chi connectivity index (χ1) is 16.7. The van der Waals surface area contributed by atoms with Crippen molar-refractivity contribution < 1.29 is 19.7 Å². The molecule has 1 aromatic heterocycles. The number of piperidine rings is 1. The van der Waals surface area contributed by atoms with Crippen LogP contribution >= 0.6 is 22.6 Å². The number of H-pyrrole nitrogens is 1. The van der Waals surface area contributed by atoms with Crippen molar-refractivity contribution in [2.45, 2.75) is 49.3 Å². The van der Waals surface area contributed by atoms with Crippen LogP contribution in [0.3, 0.4) is 0 Å². The number of amides is 1. The van der Waals surface area contributed by atoms with E-state index in [0.29, 0.717) is 30.7 Å². The number of phenols is 1. The van der Waals surface area contributed by atoms with E-state index in [0.717, 1.165) is 43.8 Å². The SMILES string of the molecule is Cc1c(C(=O)Nc2cccc([124I])c2)[nH]c2c1C[C@@]1(O)[C@@H]3Cc4ccc(O)c5c4[C@@]1(CCN3C)[C@H]2O5. The highest BCUT2D eigenvalue weighted by Crippen LogP contribution is 2.68. The number of phenolic OH excluding ortho intramolecular Hbond substituents is 1. The average molecular weight is 580 g/mol. The number of aromatic nitrogens is 1. The fourth-order valence-electron chi connectivity index (χ4n) is 7.31. The van der Waals surface area contributed by atoms with Crippen LogP contribution in [0.1, 0.15) is 51.0 Å². The van der Waals surface area contributed by atoms with Crippen molar-refractivity contribution >= 4 is 34.2 Å². The zero-order chi connectivity index (χ0) is 24.3. The van der Waals surface area contributed by atoms with Crippen LogP contribution in [-0.4, -0.2) is 51.2 Å². The second-order valence-corrected chi connectivity index (χ2v) is 11.7. The van der Waals surface area contributed by atoms with Crippen molar-refractivity contribution in [3.8, 4) is 11.5 Å². The van der Waals surface area contributed by atoms with Crippen LogP contribution in [0.2, 0.25) is 0 Å². The topological polar surface area (TPSA) is 97.8 Å². The van der Waals surface area contributed by atoms with Crippen molar-refractivity contribution in [1.82, 2.24) is 9.88 Å². The lowest BCUT2D eigenvalue weighted by Gasteiger charge is -2.62. The fourth-order valence-corrected chi connectivity index (χ4v) is 7.85. The summed E-state index contributed by atoms with van der Waals surface area (Å²) in [5.74, 6) is 0.373. The third-order valence-electron chi connectivity index (χ3n) is 8.91. The predicted octanol–water partition coefficient (Wildman–Crippen LogP) is 3.80. The number of anilines is 1. The molecule has 2 aliphatic carbocycles. The molecule has 7 nitrogen and oxygen atoms in total. The van der Waals surface area contributed by atoms with Gasteiger partial charge in [0.25, 0.3) is 5.91 Å². The van der Waals surface area contributed by atoms with Gasteiger partial charge in [-0.25, -0.2) is 0 Å². The van der Waals surface area contributed by atoms with E-state index in [4.69, 9.17) is 4.74 Å². The molecule has 1 saturated heterocycles. The molecule has 1 amide bonds. The predicted molar refractivity (Wildman–Crippen MR) is 139 cm³/mol. The molecular weight excluding hydrogens is 554 g/mol. The molecule has 0 saturated carbocycles. The van der Waals surface area contributed by atoms with Gasteiger partial charge in [-0.1, -0.05) is 12.1 Å². The number of nitrogens with one attached hydrogen (secondary N) is 2. The lowest BCUT2D eigenvalue weighted by molar-refractivity contribution is -0.167. The Morgan fingerprint density at radius 2 is 2.14 bits per heavy atom. The third kappa shape index (κ3) is 2.60. The lowest BCUT2D eigenvalue weighted by atomic mass is 9.49. The summed E-state index contributed by atoms with van der Waals surface area (Å²) in [7, 11) is 2.08. The Bertz CT molecular complexity index is 1430. The number of fused-ring (bicyclic) bond motifs is 2. The Hall–Kier alpha value is -2.56. The number of hydrogen-bond acceptors (Lipinski definition) is 5. The summed E-state index contributed by atoms with van der Waals surface area (Å²) in [4.78, 5) is 19.0. The maximum atomic E-state index is 13.4. The second kappa shape index (κ2) is 7.02. The van der Waals surface area contributed by atoms with Gasteiger partial charge in [0.1, 0.15) is 5.69 Å². The van der Waals surface area contributed by atoms with Gasteiger partial charge in [-0.3, -0.25) is 4.79 Å². The molecule has 4 N–H and O–H groups in total. The molecule has 35 heavy (non-hydrogen) atoms. The molecule has 180 valence electrons. The number of nitrogens with zero attached hydrogens (tertiary/aromatic N) is 1. The van der Waals surface area contributed by atoms with E-state index in [-0.39, 0.29) is 17.7 Å². The normalized spacial score (nSPS) is 29.8. The standard InChI is InChI=1S/C27H26IN3O4/c1-13-17-12-27(34)19-10-14-6-7-18(32)23-20(14)26(27,8-9-31(19)2)24(35-23)22(17)30-21(13)25(33)29-16-5-3-4-15(28)11-16/h3-7,11,19,24,30,32,34H,8-10,12H2,1-2H3,(H,29,33)/t19-,24-,26-,27+/m0/s1/i28-3. The molecule has 7 rings (SSSR count). The first-order valence-corrected chi connectivity index (χ1v) is 13.1. The molecule has 0 unspecified atom stereocenters. The minimum Gasteiger partial charge on any atom is -0.504 e. The minimum absolute atomic E-state index is 0.0727. The van der Waals surface area contributed by atoms with E-state index in [1.807, 2.05) is 37.3 Å². The molecule has 2 aliphatic heterocycles. The summed E-state index contributed by atoms with van der Waals surface area (Å²) >= 11 is 2.22. The highest BCUT2D eigenvalue weighted by atomic mass is 124. The number of benzene rings is 2. The number of carbonyl (C=O) groups is 1. The van der Waals surface area contributed by atoms with Crippen molar-refractivity contribution in [2.75, 3.05) is 18.9 Å². The lowest BCUT2D eigenvalue weighted by Crippen LogP contribution is -2.73. The van der Waals surface area contributed by atoms with E-state index in [9.17, 15) is 15.0 Å². The smallest absolute Gasteiger partial charge is 0.272 e. The van der Waals surface area contributed by atoms with Crippen LogP contribution < -0.4 is 10.1 Å². The van der Waals surface area contributed by atoms with Crippen LogP contribution in [0.4, 0.5) is 5.69 Å². The number of hydrogen-bond donors (Lipinski definition) is 4. The molecular formula is C27H26IN3O4. The van der Waals surface area contributed by atoms with Gasteiger partial charge in [0.05, 0.1) is 16.7 Å². The summed E-state index contributed by atoms with van der Waals surface area (Å²) in [6, 6.07) is 11.3. The van der Waals surface area contributed by atoms with Crippen molar-refractivity contribution in [3.05, 3.63) is 73.6 Å². The molecule has 4 aliphatic rings. The number of rotatable bonds is 2. The number of aliphatic hydroxyl groups is 1. The first-order valence-electron chi connectivity index (χ1n) is 12.0. The molecule has 2 aromatic carbocycles. The Morgan fingerprint density at radius 1 is 1.31 bits per heavy atom.